The molecule has 5 nitrogen and oxygen atoms in total. The second-order valence-corrected chi connectivity index (χ2v) is 7.00. The molecule has 2 aromatic heterocycles. The Hall–Kier alpha value is -1.79. The zero-order valence-corrected chi connectivity index (χ0v) is 14.1. The van der Waals surface area contributed by atoms with Crippen molar-refractivity contribution in [3.8, 4) is 10.6 Å². The quantitative estimate of drug-likeness (QED) is 0.934. The van der Waals surface area contributed by atoms with Crippen LogP contribution in [-0.4, -0.2) is 39.9 Å². The van der Waals surface area contributed by atoms with Gasteiger partial charge in [-0.05, 0) is 37.8 Å². The summed E-state index contributed by atoms with van der Waals surface area (Å²) in [6.45, 7) is 3.67. The lowest BCUT2D eigenvalue weighted by molar-refractivity contribution is -0.132. The van der Waals surface area contributed by atoms with Crippen LogP contribution < -0.4 is 5.73 Å². The number of rotatable bonds is 4. The fourth-order valence-corrected chi connectivity index (χ4v) is 3.76. The standard InChI is InChI=1S/C17H22N4OS/c1-12(18)13-4-7-21(8-5-13)16(22)9-15-11-23-17(20-15)14-3-2-6-19-10-14/h2-3,6,10-13H,4-5,7-9,18H2,1H3. The van der Waals surface area contributed by atoms with Gasteiger partial charge in [0.15, 0.2) is 0 Å². The molecule has 1 aliphatic rings. The first kappa shape index (κ1) is 16.1. The minimum atomic E-state index is 0.163. The maximum Gasteiger partial charge on any atom is 0.228 e. The molecule has 1 saturated heterocycles. The van der Waals surface area contributed by atoms with Gasteiger partial charge in [0.2, 0.25) is 5.91 Å². The number of nitrogens with two attached hydrogens (primary N) is 1. The summed E-state index contributed by atoms with van der Waals surface area (Å²) in [5.74, 6) is 0.701. The largest absolute Gasteiger partial charge is 0.342 e. The van der Waals surface area contributed by atoms with Crippen LogP contribution >= 0.6 is 11.3 Å². The van der Waals surface area contributed by atoms with E-state index in [1.165, 1.54) is 0 Å². The van der Waals surface area contributed by atoms with E-state index in [0.717, 1.165) is 42.2 Å². The van der Waals surface area contributed by atoms with E-state index in [9.17, 15) is 4.79 Å². The van der Waals surface area contributed by atoms with Crippen molar-refractivity contribution in [1.29, 1.82) is 0 Å². The van der Waals surface area contributed by atoms with E-state index in [0.29, 0.717) is 12.3 Å². The topological polar surface area (TPSA) is 72.1 Å². The molecule has 6 heteroatoms. The number of carbonyl (C=O) groups is 1. The lowest BCUT2D eigenvalue weighted by atomic mass is 9.91. The van der Waals surface area contributed by atoms with Crippen LogP contribution in [0.1, 0.15) is 25.5 Å². The molecule has 0 bridgehead atoms. The Labute approximate surface area is 140 Å². The summed E-state index contributed by atoms with van der Waals surface area (Å²) in [5.41, 5.74) is 7.79. The molecule has 122 valence electrons. The van der Waals surface area contributed by atoms with E-state index in [1.54, 1.807) is 23.7 Å². The number of aromatic nitrogens is 2. The lowest BCUT2D eigenvalue weighted by Gasteiger charge is -2.33. The van der Waals surface area contributed by atoms with Crippen molar-refractivity contribution >= 4 is 17.2 Å². The van der Waals surface area contributed by atoms with Crippen LogP contribution in [0, 0.1) is 5.92 Å². The average molecular weight is 330 g/mol. The minimum Gasteiger partial charge on any atom is -0.342 e. The van der Waals surface area contributed by atoms with E-state index < -0.39 is 0 Å². The molecule has 0 saturated carbocycles. The highest BCUT2D eigenvalue weighted by molar-refractivity contribution is 7.13. The summed E-state index contributed by atoms with van der Waals surface area (Å²) in [6, 6.07) is 4.09. The smallest absolute Gasteiger partial charge is 0.228 e. The number of piperidine rings is 1. The SMILES string of the molecule is CC(N)C1CCN(C(=O)Cc2csc(-c3cccnc3)n2)CC1. The van der Waals surface area contributed by atoms with Crippen LogP contribution in [0.2, 0.25) is 0 Å². The third kappa shape index (κ3) is 3.95. The molecule has 2 aromatic rings. The highest BCUT2D eigenvalue weighted by Crippen LogP contribution is 2.24. The Kier molecular flexibility index (Phi) is 5.03. The van der Waals surface area contributed by atoms with E-state index in [1.807, 2.05) is 22.4 Å². The Morgan fingerprint density at radius 2 is 2.26 bits per heavy atom. The van der Waals surface area contributed by atoms with E-state index in [-0.39, 0.29) is 11.9 Å². The maximum atomic E-state index is 12.4. The molecular weight excluding hydrogens is 308 g/mol. The monoisotopic (exact) mass is 330 g/mol. The Morgan fingerprint density at radius 1 is 1.48 bits per heavy atom. The van der Waals surface area contributed by atoms with Crippen LogP contribution in [0.25, 0.3) is 10.6 Å². The van der Waals surface area contributed by atoms with E-state index >= 15 is 0 Å². The zero-order chi connectivity index (χ0) is 16.2. The van der Waals surface area contributed by atoms with Gasteiger partial charge in [-0.1, -0.05) is 0 Å². The highest BCUT2D eigenvalue weighted by Gasteiger charge is 2.25. The Balaban J connectivity index is 1.58. The number of likely N-dealkylation sites (tertiary alicyclic amines) is 1. The normalized spacial score (nSPS) is 17.2. The van der Waals surface area contributed by atoms with Crippen LogP contribution in [0.5, 0.6) is 0 Å². The molecule has 23 heavy (non-hydrogen) atoms. The van der Waals surface area contributed by atoms with Crippen LogP contribution in [0.4, 0.5) is 0 Å². The Morgan fingerprint density at radius 3 is 2.91 bits per heavy atom. The Bertz CT molecular complexity index is 648. The molecule has 0 aromatic carbocycles. The van der Waals surface area contributed by atoms with Crippen molar-refractivity contribution in [1.82, 2.24) is 14.9 Å². The molecular formula is C17H22N4OS. The van der Waals surface area contributed by atoms with Gasteiger partial charge in [-0.15, -0.1) is 11.3 Å². The van der Waals surface area contributed by atoms with E-state index in [4.69, 9.17) is 5.73 Å². The maximum absolute atomic E-state index is 12.4. The number of hydrogen-bond donors (Lipinski definition) is 1. The van der Waals surface area contributed by atoms with Crippen LogP contribution in [0.3, 0.4) is 0 Å². The molecule has 3 heterocycles. The molecule has 2 N–H and O–H groups in total. The van der Waals surface area contributed by atoms with Gasteiger partial charge in [-0.25, -0.2) is 4.98 Å². The van der Waals surface area contributed by atoms with Gasteiger partial charge in [0.05, 0.1) is 12.1 Å². The van der Waals surface area contributed by atoms with Gasteiger partial charge in [-0.2, -0.15) is 0 Å². The van der Waals surface area contributed by atoms with Crippen molar-refractivity contribution in [2.24, 2.45) is 11.7 Å². The average Bonchev–Trinajstić information content (AvgIpc) is 3.04. The molecule has 1 fully saturated rings. The number of carbonyl (C=O) groups excluding carboxylic acids is 1. The second-order valence-electron chi connectivity index (χ2n) is 6.14. The number of pyridine rings is 1. The zero-order valence-electron chi connectivity index (χ0n) is 13.3. The van der Waals surface area contributed by atoms with E-state index in [2.05, 4.69) is 16.9 Å². The third-order valence-corrected chi connectivity index (χ3v) is 5.37. The number of thiazole rings is 1. The van der Waals surface area contributed by atoms with Crippen molar-refractivity contribution < 1.29 is 4.79 Å². The minimum absolute atomic E-state index is 0.163. The summed E-state index contributed by atoms with van der Waals surface area (Å²) in [4.78, 5) is 23.1. The molecule has 0 spiro atoms. The first-order chi connectivity index (χ1) is 11.1. The second kappa shape index (κ2) is 7.19. The summed E-state index contributed by atoms with van der Waals surface area (Å²) < 4.78 is 0. The van der Waals surface area contributed by atoms with Crippen molar-refractivity contribution in [3.05, 3.63) is 35.6 Å². The van der Waals surface area contributed by atoms with Gasteiger partial charge < -0.3 is 10.6 Å². The van der Waals surface area contributed by atoms with Gasteiger partial charge in [0, 0.05) is 42.5 Å². The molecule has 3 rings (SSSR count). The number of nitrogens with zero attached hydrogens (tertiary/aromatic N) is 3. The fraction of sp³-hybridized carbons (Fsp3) is 0.471. The van der Waals surface area contributed by atoms with Gasteiger partial charge >= 0.3 is 0 Å². The number of hydrogen-bond acceptors (Lipinski definition) is 5. The van der Waals surface area contributed by atoms with Crippen LogP contribution in [-0.2, 0) is 11.2 Å². The van der Waals surface area contributed by atoms with Crippen molar-refractivity contribution in [2.45, 2.75) is 32.2 Å². The summed E-state index contributed by atoms with van der Waals surface area (Å²) in [7, 11) is 0. The molecule has 1 atom stereocenters. The number of amides is 1. The highest BCUT2D eigenvalue weighted by atomic mass is 32.1. The summed E-state index contributed by atoms with van der Waals surface area (Å²) in [6.07, 6.45) is 5.92. The van der Waals surface area contributed by atoms with Crippen molar-refractivity contribution in [3.63, 3.8) is 0 Å². The molecule has 1 unspecified atom stereocenters. The molecule has 0 aliphatic carbocycles. The van der Waals surface area contributed by atoms with Gasteiger partial charge in [0.1, 0.15) is 5.01 Å². The molecule has 1 amide bonds. The first-order valence-electron chi connectivity index (χ1n) is 8.01. The van der Waals surface area contributed by atoms with Crippen LogP contribution in [0.15, 0.2) is 29.9 Å². The predicted molar refractivity (Wildman–Crippen MR) is 92.0 cm³/mol. The predicted octanol–water partition coefficient (Wildman–Crippen LogP) is 2.33. The summed E-state index contributed by atoms with van der Waals surface area (Å²) in [5, 5.41) is 2.88. The fourth-order valence-electron chi connectivity index (χ4n) is 2.95. The molecule has 1 aliphatic heterocycles. The van der Waals surface area contributed by atoms with Gasteiger partial charge in [0.25, 0.3) is 0 Å². The van der Waals surface area contributed by atoms with Crippen molar-refractivity contribution in [2.75, 3.05) is 13.1 Å². The molecule has 0 radical (unpaired) electrons. The first-order valence-corrected chi connectivity index (χ1v) is 8.89. The lowest BCUT2D eigenvalue weighted by Crippen LogP contribution is -2.43. The van der Waals surface area contributed by atoms with Gasteiger partial charge in [-0.3, -0.25) is 9.78 Å². The summed E-state index contributed by atoms with van der Waals surface area (Å²) >= 11 is 1.56. The third-order valence-electron chi connectivity index (χ3n) is 4.43.